The van der Waals surface area contributed by atoms with Crippen molar-refractivity contribution in [3.05, 3.63) is 38.8 Å². The monoisotopic (exact) mass is 327 g/mol. The highest BCUT2D eigenvalue weighted by Crippen LogP contribution is 2.27. The van der Waals surface area contributed by atoms with Crippen LogP contribution < -0.4 is 11.1 Å². The molecule has 0 saturated carbocycles. The number of anilines is 1. The van der Waals surface area contributed by atoms with Crippen LogP contribution in [0, 0.1) is 0 Å². The molecular formula is C11H10BrN3O2S. The van der Waals surface area contributed by atoms with Gasteiger partial charge in [-0.25, -0.2) is 4.98 Å². The van der Waals surface area contributed by atoms with Crippen LogP contribution in [0.1, 0.15) is 15.5 Å². The second kappa shape index (κ2) is 5.47. The van der Waals surface area contributed by atoms with E-state index < -0.39 is 0 Å². The topological polar surface area (TPSA) is 88.2 Å². The van der Waals surface area contributed by atoms with Crippen LogP contribution in [0.15, 0.2) is 28.1 Å². The molecular weight excluding hydrogens is 318 g/mol. The normalized spacial score (nSPS) is 10.3. The molecule has 2 rings (SSSR count). The van der Waals surface area contributed by atoms with Gasteiger partial charge in [0.05, 0.1) is 5.69 Å². The molecule has 5 nitrogen and oxygen atoms in total. The van der Waals surface area contributed by atoms with Crippen molar-refractivity contribution in [3.63, 3.8) is 0 Å². The third kappa shape index (κ3) is 2.87. The van der Waals surface area contributed by atoms with E-state index in [0.29, 0.717) is 22.9 Å². The second-order valence-electron chi connectivity index (χ2n) is 3.45. The average molecular weight is 328 g/mol. The number of amides is 1. The Morgan fingerprint density at radius 2 is 2.33 bits per heavy atom. The number of halogens is 1. The van der Waals surface area contributed by atoms with Crippen LogP contribution in [0.4, 0.5) is 5.69 Å². The highest BCUT2D eigenvalue weighted by Gasteiger charge is 2.12. The lowest BCUT2D eigenvalue weighted by Crippen LogP contribution is -2.12. The van der Waals surface area contributed by atoms with Crippen molar-refractivity contribution < 1.29 is 9.90 Å². The number of nitrogens with zero attached hydrogens (tertiary/aromatic N) is 1. The summed E-state index contributed by atoms with van der Waals surface area (Å²) in [6.45, 7) is 0.306. The number of phenols is 1. The molecule has 0 saturated heterocycles. The van der Waals surface area contributed by atoms with E-state index in [0.717, 1.165) is 4.47 Å². The van der Waals surface area contributed by atoms with Gasteiger partial charge >= 0.3 is 0 Å². The third-order valence-corrected chi connectivity index (χ3v) is 3.53. The Kier molecular flexibility index (Phi) is 3.95. The number of carbonyl (C=O) groups is 1. The predicted octanol–water partition coefficient (Wildman–Crippen LogP) is 2.32. The maximum absolute atomic E-state index is 11.9. The van der Waals surface area contributed by atoms with Gasteiger partial charge in [-0.1, -0.05) is 15.9 Å². The quantitative estimate of drug-likeness (QED) is 0.755. The maximum Gasteiger partial charge on any atom is 0.275 e. The van der Waals surface area contributed by atoms with E-state index in [9.17, 15) is 9.90 Å². The van der Waals surface area contributed by atoms with Crippen molar-refractivity contribution in [1.82, 2.24) is 4.98 Å². The summed E-state index contributed by atoms with van der Waals surface area (Å²) in [7, 11) is 0. The van der Waals surface area contributed by atoms with E-state index >= 15 is 0 Å². The van der Waals surface area contributed by atoms with Gasteiger partial charge in [0.2, 0.25) is 0 Å². The highest BCUT2D eigenvalue weighted by atomic mass is 79.9. The zero-order valence-electron chi connectivity index (χ0n) is 9.18. The predicted molar refractivity (Wildman–Crippen MR) is 73.8 cm³/mol. The molecule has 2 aromatic rings. The van der Waals surface area contributed by atoms with Gasteiger partial charge in [0.25, 0.3) is 5.91 Å². The standard InChI is InChI=1S/C11H10BrN3O2S/c12-6-1-2-9(16)7(3-6)15-11(17)8-5-18-10(4-13)14-8/h1-3,5,16H,4,13H2,(H,15,17). The Hall–Kier alpha value is -1.44. The first-order valence-electron chi connectivity index (χ1n) is 5.04. The molecule has 1 heterocycles. The maximum atomic E-state index is 11.9. The number of hydrogen-bond donors (Lipinski definition) is 3. The highest BCUT2D eigenvalue weighted by molar-refractivity contribution is 9.10. The molecule has 1 aromatic carbocycles. The van der Waals surface area contributed by atoms with Crippen molar-refractivity contribution in [3.8, 4) is 5.75 Å². The number of thiazole rings is 1. The Balaban J connectivity index is 2.18. The molecule has 1 amide bonds. The summed E-state index contributed by atoms with van der Waals surface area (Å²) in [5.74, 6) is -0.375. The third-order valence-electron chi connectivity index (χ3n) is 2.17. The summed E-state index contributed by atoms with van der Waals surface area (Å²) in [6, 6.07) is 4.79. The first-order valence-corrected chi connectivity index (χ1v) is 6.71. The molecule has 0 spiro atoms. The number of nitrogens with two attached hydrogens (primary N) is 1. The van der Waals surface area contributed by atoms with Crippen LogP contribution in [-0.4, -0.2) is 16.0 Å². The molecule has 94 valence electrons. The summed E-state index contributed by atoms with van der Waals surface area (Å²) in [5, 5.41) is 14.5. The molecule has 0 aliphatic carbocycles. The molecule has 0 atom stereocenters. The van der Waals surface area contributed by atoms with Gasteiger partial charge in [-0.3, -0.25) is 4.79 Å². The van der Waals surface area contributed by atoms with E-state index in [1.807, 2.05) is 0 Å². The minimum Gasteiger partial charge on any atom is -0.506 e. The second-order valence-corrected chi connectivity index (χ2v) is 5.30. The number of rotatable bonds is 3. The minimum atomic E-state index is -0.376. The minimum absolute atomic E-state index is 0.000767. The summed E-state index contributed by atoms with van der Waals surface area (Å²) < 4.78 is 0.761. The van der Waals surface area contributed by atoms with Crippen molar-refractivity contribution >= 4 is 38.9 Å². The Labute approximate surface area is 116 Å². The van der Waals surface area contributed by atoms with E-state index in [1.165, 1.54) is 17.4 Å². The van der Waals surface area contributed by atoms with E-state index in [1.54, 1.807) is 17.5 Å². The lowest BCUT2D eigenvalue weighted by Gasteiger charge is -2.06. The van der Waals surface area contributed by atoms with Crippen LogP contribution in [0.5, 0.6) is 5.75 Å². The molecule has 0 unspecified atom stereocenters. The number of benzene rings is 1. The zero-order chi connectivity index (χ0) is 13.1. The molecule has 0 aliphatic heterocycles. The summed E-state index contributed by atoms with van der Waals surface area (Å²) in [5.41, 5.74) is 6.05. The number of hydrogen-bond acceptors (Lipinski definition) is 5. The number of aromatic nitrogens is 1. The van der Waals surface area contributed by atoms with Crippen molar-refractivity contribution in [1.29, 1.82) is 0 Å². The van der Waals surface area contributed by atoms with Gasteiger partial charge in [-0.15, -0.1) is 11.3 Å². The van der Waals surface area contributed by atoms with Crippen LogP contribution >= 0.6 is 27.3 Å². The van der Waals surface area contributed by atoms with E-state index in [-0.39, 0.29) is 11.7 Å². The van der Waals surface area contributed by atoms with Gasteiger partial charge in [0, 0.05) is 16.4 Å². The Morgan fingerprint density at radius 1 is 1.56 bits per heavy atom. The molecule has 0 fully saturated rings. The first-order chi connectivity index (χ1) is 8.60. The van der Waals surface area contributed by atoms with Crippen LogP contribution in [-0.2, 0) is 6.54 Å². The fraction of sp³-hybridized carbons (Fsp3) is 0.0909. The Morgan fingerprint density at radius 3 is 3.00 bits per heavy atom. The smallest absolute Gasteiger partial charge is 0.275 e. The number of aromatic hydroxyl groups is 1. The fourth-order valence-electron chi connectivity index (χ4n) is 1.30. The van der Waals surface area contributed by atoms with Gasteiger partial charge < -0.3 is 16.2 Å². The summed E-state index contributed by atoms with van der Waals surface area (Å²) in [4.78, 5) is 15.9. The molecule has 7 heteroatoms. The van der Waals surface area contributed by atoms with Gasteiger partial charge in [-0.05, 0) is 18.2 Å². The molecule has 0 aliphatic rings. The van der Waals surface area contributed by atoms with E-state index in [4.69, 9.17) is 5.73 Å². The average Bonchev–Trinajstić information content (AvgIpc) is 2.82. The fourth-order valence-corrected chi connectivity index (χ4v) is 2.32. The van der Waals surface area contributed by atoms with Gasteiger partial charge in [0.1, 0.15) is 16.5 Å². The molecule has 0 bridgehead atoms. The summed E-state index contributed by atoms with van der Waals surface area (Å²) >= 11 is 4.59. The number of phenolic OH excluding ortho intramolecular Hbond substituents is 1. The zero-order valence-corrected chi connectivity index (χ0v) is 11.6. The summed E-state index contributed by atoms with van der Waals surface area (Å²) in [6.07, 6.45) is 0. The van der Waals surface area contributed by atoms with Crippen molar-refractivity contribution in [2.75, 3.05) is 5.32 Å². The molecule has 18 heavy (non-hydrogen) atoms. The lowest BCUT2D eigenvalue weighted by molar-refractivity contribution is 0.102. The van der Waals surface area contributed by atoms with Gasteiger partial charge in [0.15, 0.2) is 0 Å². The molecule has 4 N–H and O–H groups in total. The van der Waals surface area contributed by atoms with Crippen LogP contribution in [0.3, 0.4) is 0 Å². The number of carbonyl (C=O) groups excluding carboxylic acids is 1. The van der Waals surface area contributed by atoms with Crippen LogP contribution in [0.2, 0.25) is 0 Å². The van der Waals surface area contributed by atoms with E-state index in [2.05, 4.69) is 26.2 Å². The number of nitrogens with one attached hydrogen (secondary N) is 1. The van der Waals surface area contributed by atoms with Crippen molar-refractivity contribution in [2.24, 2.45) is 5.73 Å². The van der Waals surface area contributed by atoms with Crippen molar-refractivity contribution in [2.45, 2.75) is 6.54 Å². The molecule has 1 aromatic heterocycles. The molecule has 0 radical (unpaired) electrons. The largest absolute Gasteiger partial charge is 0.506 e. The SMILES string of the molecule is NCc1nc(C(=O)Nc2cc(Br)ccc2O)cs1. The lowest BCUT2D eigenvalue weighted by atomic mass is 10.3. The first kappa shape index (κ1) is 13.0. The van der Waals surface area contributed by atoms with Gasteiger partial charge in [-0.2, -0.15) is 0 Å². The Bertz CT molecular complexity index is 585. The van der Waals surface area contributed by atoms with Crippen LogP contribution in [0.25, 0.3) is 0 Å².